The summed E-state index contributed by atoms with van der Waals surface area (Å²) in [5.41, 5.74) is 1.85. The van der Waals surface area contributed by atoms with E-state index in [1.54, 1.807) is 24.4 Å². The highest BCUT2D eigenvalue weighted by atomic mass is 79.9. The Bertz CT molecular complexity index is 1340. The molecule has 0 radical (unpaired) electrons. The van der Waals surface area contributed by atoms with Crippen molar-refractivity contribution in [2.24, 2.45) is 0 Å². The van der Waals surface area contributed by atoms with Crippen LogP contribution in [-0.2, 0) is 17.9 Å². The van der Waals surface area contributed by atoms with Crippen molar-refractivity contribution in [2.45, 2.75) is 26.1 Å². The maximum atomic E-state index is 13.4. The van der Waals surface area contributed by atoms with E-state index in [1.807, 2.05) is 12.1 Å². The highest BCUT2D eigenvalue weighted by Gasteiger charge is 2.39. The predicted octanol–water partition coefficient (Wildman–Crippen LogP) is 2.35. The zero-order chi connectivity index (χ0) is 24.6. The van der Waals surface area contributed by atoms with E-state index in [1.165, 1.54) is 26.3 Å². The number of rotatable bonds is 6. The number of fused-ring (bicyclic) bond motifs is 1. The summed E-state index contributed by atoms with van der Waals surface area (Å²) in [6.07, 6.45) is 0. The fraction of sp³-hybridized carbons (Fsp3) is 0.227. The van der Waals surface area contributed by atoms with Crippen LogP contribution in [0.5, 0.6) is 5.75 Å². The molecule has 0 saturated carbocycles. The summed E-state index contributed by atoms with van der Waals surface area (Å²) in [6, 6.07) is 6.64. The highest BCUT2D eigenvalue weighted by Crippen LogP contribution is 2.39. The minimum Gasteiger partial charge on any atom is -0.506 e. The molecular formula is C22H19BrN4O6S. The van der Waals surface area contributed by atoms with E-state index in [2.05, 4.69) is 26.2 Å². The lowest BCUT2D eigenvalue weighted by Crippen LogP contribution is -2.37. The number of nitrogens with zero attached hydrogens (tertiary/aromatic N) is 3. The van der Waals surface area contributed by atoms with Gasteiger partial charge in [-0.2, -0.15) is 0 Å². The van der Waals surface area contributed by atoms with E-state index < -0.39 is 41.3 Å². The molecular weight excluding hydrogens is 528 g/mol. The molecule has 4 rings (SSSR count). The number of halogens is 1. The quantitative estimate of drug-likeness (QED) is 0.430. The van der Waals surface area contributed by atoms with Gasteiger partial charge in [0.15, 0.2) is 0 Å². The van der Waals surface area contributed by atoms with Gasteiger partial charge in [-0.1, -0.05) is 28.1 Å². The smallest absolute Gasteiger partial charge is 0.322 e. The molecule has 1 aliphatic heterocycles. The van der Waals surface area contributed by atoms with E-state index in [0.717, 1.165) is 10.0 Å². The average molecular weight is 547 g/mol. The summed E-state index contributed by atoms with van der Waals surface area (Å²) >= 11 is 4.63. The minimum absolute atomic E-state index is 0.0431. The summed E-state index contributed by atoms with van der Waals surface area (Å²) in [7, 11) is 0. The first kappa shape index (κ1) is 23.6. The molecule has 3 heterocycles. The molecule has 3 aromatic rings. The second-order valence-corrected chi connectivity index (χ2v) is 9.30. The normalized spacial score (nSPS) is 14.6. The maximum Gasteiger partial charge on any atom is 0.322 e. The standard InChI is InChI=1S/C22H19BrN4O6S/c1-11-18-14(8-26(11)21(32)15-9-34-10-25-15)19(30)17(20(31)24-6-16(28)29)22(33)27(18)7-12-2-4-13(23)5-3-12/h2-5,9-11,30H,6-8H2,1H3,(H,24,31)(H,28,29). The minimum atomic E-state index is -1.29. The van der Waals surface area contributed by atoms with Gasteiger partial charge >= 0.3 is 5.97 Å². The molecule has 2 aromatic heterocycles. The number of aliphatic carboxylic acids is 1. The lowest BCUT2D eigenvalue weighted by Gasteiger charge is -2.22. The molecule has 1 atom stereocenters. The van der Waals surface area contributed by atoms with Crippen LogP contribution in [0.2, 0.25) is 0 Å². The van der Waals surface area contributed by atoms with Gasteiger partial charge in [0.05, 0.1) is 30.3 Å². The van der Waals surface area contributed by atoms with Crippen molar-refractivity contribution in [3.63, 3.8) is 0 Å². The number of thiazole rings is 1. The number of carboxylic acids is 1. The number of benzene rings is 1. The second-order valence-electron chi connectivity index (χ2n) is 7.66. The van der Waals surface area contributed by atoms with Crippen LogP contribution >= 0.6 is 27.3 Å². The molecule has 10 nitrogen and oxygen atoms in total. The third-order valence-electron chi connectivity index (χ3n) is 5.57. The molecule has 34 heavy (non-hydrogen) atoms. The van der Waals surface area contributed by atoms with Gasteiger partial charge in [-0.25, -0.2) is 4.98 Å². The number of carboxylic acid groups (broad SMARTS) is 1. The Labute approximate surface area is 205 Å². The molecule has 1 aliphatic rings. The summed E-state index contributed by atoms with van der Waals surface area (Å²) in [5.74, 6) is -3.23. The summed E-state index contributed by atoms with van der Waals surface area (Å²) in [5, 5.41) is 23.5. The van der Waals surface area contributed by atoms with Crippen molar-refractivity contribution in [1.82, 2.24) is 19.8 Å². The number of aromatic nitrogens is 2. The molecule has 12 heteroatoms. The van der Waals surface area contributed by atoms with E-state index in [-0.39, 0.29) is 30.3 Å². The predicted molar refractivity (Wildman–Crippen MR) is 126 cm³/mol. The Morgan fingerprint density at radius 2 is 1.97 bits per heavy atom. The average Bonchev–Trinajstić information content (AvgIpc) is 3.45. The van der Waals surface area contributed by atoms with Gasteiger partial charge in [0.1, 0.15) is 23.6 Å². The van der Waals surface area contributed by atoms with E-state index in [4.69, 9.17) is 5.11 Å². The highest BCUT2D eigenvalue weighted by molar-refractivity contribution is 9.10. The second kappa shape index (κ2) is 9.39. The molecule has 0 fully saturated rings. The molecule has 0 aliphatic carbocycles. The fourth-order valence-electron chi connectivity index (χ4n) is 3.96. The van der Waals surface area contributed by atoms with Crippen molar-refractivity contribution in [1.29, 1.82) is 0 Å². The summed E-state index contributed by atoms with van der Waals surface area (Å²) in [6.45, 7) is 1.05. The van der Waals surface area contributed by atoms with Crippen LogP contribution < -0.4 is 10.9 Å². The molecule has 1 aromatic carbocycles. The van der Waals surface area contributed by atoms with Crippen molar-refractivity contribution in [3.05, 3.63) is 78.1 Å². The number of nitrogens with one attached hydrogen (secondary N) is 1. The number of amides is 2. The van der Waals surface area contributed by atoms with Crippen LogP contribution in [-0.4, -0.2) is 49.0 Å². The van der Waals surface area contributed by atoms with Gasteiger partial charge < -0.3 is 25.0 Å². The molecule has 0 bridgehead atoms. The number of carbonyl (C=O) groups is 3. The third kappa shape index (κ3) is 4.33. The lowest BCUT2D eigenvalue weighted by atomic mass is 10.1. The number of aromatic hydroxyl groups is 1. The first-order valence-electron chi connectivity index (χ1n) is 10.1. The van der Waals surface area contributed by atoms with E-state index >= 15 is 0 Å². The van der Waals surface area contributed by atoms with Crippen LogP contribution in [0.1, 0.15) is 50.6 Å². The van der Waals surface area contributed by atoms with Gasteiger partial charge in [-0.3, -0.25) is 19.2 Å². The molecule has 0 spiro atoms. The number of hydrogen-bond acceptors (Lipinski definition) is 7. The van der Waals surface area contributed by atoms with Gasteiger partial charge in [-0.15, -0.1) is 11.3 Å². The topological polar surface area (TPSA) is 142 Å². The van der Waals surface area contributed by atoms with E-state index in [0.29, 0.717) is 5.69 Å². The largest absolute Gasteiger partial charge is 0.506 e. The van der Waals surface area contributed by atoms with Crippen LogP contribution in [0, 0.1) is 0 Å². The Morgan fingerprint density at radius 1 is 1.26 bits per heavy atom. The van der Waals surface area contributed by atoms with Crippen molar-refractivity contribution < 1.29 is 24.6 Å². The zero-order valence-electron chi connectivity index (χ0n) is 17.8. The van der Waals surface area contributed by atoms with Crippen molar-refractivity contribution in [3.8, 4) is 5.75 Å². The molecule has 2 amide bonds. The van der Waals surface area contributed by atoms with Crippen LogP contribution in [0.25, 0.3) is 0 Å². The summed E-state index contributed by atoms with van der Waals surface area (Å²) in [4.78, 5) is 55.6. The lowest BCUT2D eigenvalue weighted by molar-refractivity contribution is -0.135. The maximum absolute atomic E-state index is 13.4. The summed E-state index contributed by atoms with van der Waals surface area (Å²) < 4.78 is 2.20. The number of carbonyl (C=O) groups excluding carboxylic acids is 2. The zero-order valence-corrected chi connectivity index (χ0v) is 20.2. The molecule has 0 saturated heterocycles. The number of hydrogen-bond donors (Lipinski definition) is 3. The van der Waals surface area contributed by atoms with Gasteiger partial charge in [-0.05, 0) is 24.6 Å². The van der Waals surface area contributed by atoms with Crippen LogP contribution in [0.3, 0.4) is 0 Å². The molecule has 176 valence electrons. The first-order chi connectivity index (χ1) is 16.2. The van der Waals surface area contributed by atoms with Gasteiger partial charge in [0.2, 0.25) is 0 Å². The van der Waals surface area contributed by atoms with E-state index in [9.17, 15) is 24.3 Å². The Balaban J connectivity index is 1.84. The van der Waals surface area contributed by atoms with Crippen LogP contribution in [0.15, 0.2) is 44.4 Å². The molecule has 1 unspecified atom stereocenters. The van der Waals surface area contributed by atoms with Crippen molar-refractivity contribution >= 4 is 45.1 Å². The number of pyridine rings is 1. The Kier molecular flexibility index (Phi) is 6.53. The monoisotopic (exact) mass is 546 g/mol. The fourth-order valence-corrected chi connectivity index (χ4v) is 4.75. The van der Waals surface area contributed by atoms with Crippen molar-refractivity contribution in [2.75, 3.05) is 6.54 Å². The Hall–Kier alpha value is -3.51. The first-order valence-corrected chi connectivity index (χ1v) is 11.8. The molecule has 3 N–H and O–H groups in total. The van der Waals surface area contributed by atoms with Crippen LogP contribution in [0.4, 0.5) is 0 Å². The third-order valence-corrected chi connectivity index (χ3v) is 6.68. The van der Waals surface area contributed by atoms with Gasteiger partial charge in [0, 0.05) is 15.4 Å². The van der Waals surface area contributed by atoms with Gasteiger partial charge in [0.25, 0.3) is 17.4 Å². The Morgan fingerprint density at radius 3 is 2.59 bits per heavy atom. The SMILES string of the molecule is CC1c2c(c(O)c(C(=O)NCC(=O)O)c(=O)n2Cc2ccc(Br)cc2)CN1C(=O)c1cscn1.